The van der Waals surface area contributed by atoms with Gasteiger partial charge in [0.25, 0.3) is 5.91 Å². The molecular formula is C21H22N4O3. The molecule has 144 valence electrons. The van der Waals surface area contributed by atoms with E-state index in [-0.39, 0.29) is 5.91 Å². The summed E-state index contributed by atoms with van der Waals surface area (Å²) >= 11 is 0. The Hall–Kier alpha value is -3.61. The number of amides is 1. The van der Waals surface area contributed by atoms with Gasteiger partial charge in [0.2, 0.25) is 5.95 Å². The summed E-state index contributed by atoms with van der Waals surface area (Å²) in [5, 5.41) is 5.87. The van der Waals surface area contributed by atoms with E-state index in [1.807, 2.05) is 55.5 Å². The van der Waals surface area contributed by atoms with Crippen molar-refractivity contribution in [2.75, 3.05) is 30.9 Å². The molecule has 0 fully saturated rings. The Labute approximate surface area is 163 Å². The Morgan fingerprint density at radius 2 is 1.61 bits per heavy atom. The number of carbonyl (C=O) groups excluding carboxylic acids is 1. The fourth-order valence-corrected chi connectivity index (χ4v) is 2.38. The molecule has 1 heterocycles. The topological polar surface area (TPSA) is 85.4 Å². The van der Waals surface area contributed by atoms with Crippen LogP contribution in [-0.2, 0) is 0 Å². The minimum absolute atomic E-state index is 0.252. The lowest BCUT2D eigenvalue weighted by Gasteiger charge is -2.09. The molecule has 7 nitrogen and oxygen atoms in total. The maximum Gasteiger partial charge on any atom is 0.258 e. The number of ether oxygens (including phenoxy) is 2. The Bertz CT molecular complexity index is 894. The van der Waals surface area contributed by atoms with Crippen molar-refractivity contribution in [3.63, 3.8) is 0 Å². The summed E-state index contributed by atoms with van der Waals surface area (Å²) in [5.74, 6) is 1.72. The zero-order chi connectivity index (χ0) is 19.8. The van der Waals surface area contributed by atoms with E-state index in [2.05, 4.69) is 20.6 Å². The molecule has 2 N–H and O–H groups in total. The zero-order valence-electron chi connectivity index (χ0n) is 15.8. The van der Waals surface area contributed by atoms with Crippen LogP contribution in [0.15, 0.2) is 60.9 Å². The first-order chi connectivity index (χ1) is 13.6. The third kappa shape index (κ3) is 5.44. The van der Waals surface area contributed by atoms with Crippen LogP contribution in [-0.4, -0.2) is 36.1 Å². The van der Waals surface area contributed by atoms with Crippen molar-refractivity contribution < 1.29 is 14.3 Å². The molecule has 0 bridgehead atoms. The van der Waals surface area contributed by atoms with Crippen LogP contribution in [0.4, 0.5) is 11.6 Å². The van der Waals surface area contributed by atoms with Crippen LogP contribution < -0.4 is 20.1 Å². The van der Waals surface area contributed by atoms with Crippen molar-refractivity contribution in [1.29, 1.82) is 0 Å². The van der Waals surface area contributed by atoms with Crippen LogP contribution in [0.5, 0.6) is 11.5 Å². The molecule has 3 rings (SSSR count). The number of anilines is 2. The van der Waals surface area contributed by atoms with Gasteiger partial charge in [-0.15, -0.1) is 0 Å². The summed E-state index contributed by atoms with van der Waals surface area (Å²) in [6, 6.07) is 15.0. The van der Waals surface area contributed by atoms with Gasteiger partial charge in [0.1, 0.15) is 18.1 Å². The van der Waals surface area contributed by atoms with E-state index >= 15 is 0 Å². The minimum Gasteiger partial charge on any atom is -0.497 e. The predicted octanol–water partition coefficient (Wildman–Crippen LogP) is 3.54. The lowest BCUT2D eigenvalue weighted by Crippen LogP contribution is -2.15. The van der Waals surface area contributed by atoms with E-state index in [0.717, 1.165) is 22.7 Å². The van der Waals surface area contributed by atoms with Crippen molar-refractivity contribution in [3.8, 4) is 11.5 Å². The van der Waals surface area contributed by atoms with Gasteiger partial charge in [0.05, 0.1) is 19.2 Å². The van der Waals surface area contributed by atoms with Crippen LogP contribution in [0, 0.1) is 6.92 Å². The number of carbonyl (C=O) groups is 1. The highest BCUT2D eigenvalue weighted by molar-refractivity contribution is 6.03. The molecule has 0 aliphatic heterocycles. The summed E-state index contributed by atoms with van der Waals surface area (Å²) in [4.78, 5) is 20.6. The molecule has 0 aliphatic rings. The Morgan fingerprint density at radius 3 is 2.25 bits per heavy atom. The first-order valence-corrected chi connectivity index (χ1v) is 8.85. The zero-order valence-corrected chi connectivity index (χ0v) is 15.8. The number of hydrogen-bond donors (Lipinski definition) is 2. The second kappa shape index (κ2) is 9.36. The number of nitrogens with one attached hydrogen (secondary N) is 2. The van der Waals surface area contributed by atoms with Gasteiger partial charge in [-0.05, 0) is 43.3 Å². The smallest absolute Gasteiger partial charge is 0.258 e. The minimum atomic E-state index is -0.252. The lowest BCUT2D eigenvalue weighted by atomic mass is 10.2. The first kappa shape index (κ1) is 19.2. The average molecular weight is 378 g/mol. The Balaban J connectivity index is 1.44. The molecule has 0 spiro atoms. The van der Waals surface area contributed by atoms with Crippen LogP contribution in [0.3, 0.4) is 0 Å². The third-order valence-electron chi connectivity index (χ3n) is 3.94. The molecule has 2 aromatic carbocycles. The summed E-state index contributed by atoms with van der Waals surface area (Å²) in [6.45, 7) is 2.97. The van der Waals surface area contributed by atoms with Crippen molar-refractivity contribution in [1.82, 2.24) is 9.97 Å². The van der Waals surface area contributed by atoms with Crippen LogP contribution in [0.1, 0.15) is 15.9 Å². The summed E-state index contributed by atoms with van der Waals surface area (Å²) in [6.07, 6.45) is 2.98. The molecule has 3 aromatic rings. The number of aryl methyl sites for hydroxylation is 1. The molecule has 0 atom stereocenters. The molecule has 0 radical (unpaired) electrons. The second-order valence-corrected chi connectivity index (χ2v) is 6.07. The average Bonchev–Trinajstić information content (AvgIpc) is 2.73. The fraction of sp³-hybridized carbons (Fsp3) is 0.190. The lowest BCUT2D eigenvalue weighted by molar-refractivity contribution is 0.102. The van der Waals surface area contributed by atoms with Gasteiger partial charge >= 0.3 is 0 Å². The van der Waals surface area contributed by atoms with Crippen molar-refractivity contribution in [2.45, 2.75) is 6.92 Å². The van der Waals surface area contributed by atoms with E-state index in [1.54, 1.807) is 7.11 Å². The quantitative estimate of drug-likeness (QED) is 0.583. The molecule has 1 amide bonds. The predicted molar refractivity (Wildman–Crippen MR) is 108 cm³/mol. The van der Waals surface area contributed by atoms with E-state index in [1.165, 1.54) is 12.4 Å². The standard InChI is InChI=1S/C21H22N4O3/c1-15-3-5-17(6-4-15)25-20(26)16-13-23-21(24-14-16)22-11-12-28-19-9-7-18(27-2)8-10-19/h3-10,13-14H,11-12H2,1-2H3,(H,25,26)(H,22,23,24). The highest BCUT2D eigenvalue weighted by Crippen LogP contribution is 2.16. The van der Waals surface area contributed by atoms with Gasteiger partial charge in [-0.2, -0.15) is 0 Å². The van der Waals surface area contributed by atoms with Crippen LogP contribution >= 0.6 is 0 Å². The molecule has 1 aromatic heterocycles. The van der Waals surface area contributed by atoms with Crippen molar-refractivity contribution in [3.05, 3.63) is 72.1 Å². The normalized spacial score (nSPS) is 10.2. The SMILES string of the molecule is COc1ccc(OCCNc2ncc(C(=O)Nc3ccc(C)cc3)cn2)cc1. The molecule has 28 heavy (non-hydrogen) atoms. The summed E-state index contributed by atoms with van der Waals surface area (Å²) in [7, 11) is 1.62. The number of rotatable bonds is 8. The Morgan fingerprint density at radius 1 is 0.964 bits per heavy atom. The number of benzene rings is 2. The second-order valence-electron chi connectivity index (χ2n) is 6.07. The molecule has 0 aliphatic carbocycles. The monoisotopic (exact) mass is 378 g/mol. The summed E-state index contributed by atoms with van der Waals surface area (Å²) < 4.78 is 10.7. The molecule has 0 saturated carbocycles. The maximum absolute atomic E-state index is 12.2. The van der Waals surface area contributed by atoms with Crippen LogP contribution in [0.2, 0.25) is 0 Å². The molecule has 0 saturated heterocycles. The molecule has 7 heteroatoms. The number of hydrogen-bond acceptors (Lipinski definition) is 6. The van der Waals surface area contributed by atoms with E-state index < -0.39 is 0 Å². The van der Waals surface area contributed by atoms with Gasteiger partial charge in [0.15, 0.2) is 0 Å². The van der Waals surface area contributed by atoms with E-state index in [9.17, 15) is 4.79 Å². The largest absolute Gasteiger partial charge is 0.497 e. The third-order valence-corrected chi connectivity index (χ3v) is 3.94. The van der Waals surface area contributed by atoms with Crippen molar-refractivity contribution in [2.24, 2.45) is 0 Å². The highest BCUT2D eigenvalue weighted by atomic mass is 16.5. The van der Waals surface area contributed by atoms with Gasteiger partial charge in [-0.25, -0.2) is 9.97 Å². The van der Waals surface area contributed by atoms with E-state index in [4.69, 9.17) is 9.47 Å². The molecular weight excluding hydrogens is 356 g/mol. The number of aromatic nitrogens is 2. The fourth-order valence-electron chi connectivity index (χ4n) is 2.38. The van der Waals surface area contributed by atoms with Crippen molar-refractivity contribution >= 4 is 17.5 Å². The Kier molecular flexibility index (Phi) is 6.41. The molecule has 0 unspecified atom stereocenters. The van der Waals surface area contributed by atoms with Gasteiger partial charge < -0.3 is 20.1 Å². The van der Waals surface area contributed by atoms with Gasteiger partial charge in [-0.3, -0.25) is 4.79 Å². The summed E-state index contributed by atoms with van der Waals surface area (Å²) in [5.41, 5.74) is 2.25. The highest BCUT2D eigenvalue weighted by Gasteiger charge is 2.07. The van der Waals surface area contributed by atoms with Crippen LogP contribution in [0.25, 0.3) is 0 Å². The number of nitrogens with zero attached hydrogens (tertiary/aromatic N) is 2. The maximum atomic E-state index is 12.2. The number of methoxy groups -OCH3 is 1. The first-order valence-electron chi connectivity index (χ1n) is 8.85. The van der Waals surface area contributed by atoms with Gasteiger partial charge in [0, 0.05) is 18.1 Å². The van der Waals surface area contributed by atoms with E-state index in [0.29, 0.717) is 24.7 Å². The van der Waals surface area contributed by atoms with Gasteiger partial charge in [-0.1, -0.05) is 17.7 Å².